The van der Waals surface area contributed by atoms with Crippen LogP contribution >= 0.6 is 0 Å². The van der Waals surface area contributed by atoms with Gasteiger partial charge in [0, 0.05) is 25.6 Å². The lowest BCUT2D eigenvalue weighted by Gasteiger charge is -2.38. The fourth-order valence-corrected chi connectivity index (χ4v) is 3.99. The van der Waals surface area contributed by atoms with Crippen LogP contribution in [0.1, 0.15) is 37.7 Å². The van der Waals surface area contributed by atoms with Crippen LogP contribution in [0.15, 0.2) is 23.2 Å². The van der Waals surface area contributed by atoms with Crippen molar-refractivity contribution in [2.75, 3.05) is 33.5 Å². The van der Waals surface area contributed by atoms with Crippen LogP contribution in [0.2, 0.25) is 0 Å². The maximum absolute atomic E-state index is 5.60. The molecular formula is C18H25N3O2. The van der Waals surface area contributed by atoms with E-state index in [2.05, 4.69) is 40.5 Å². The number of nitrogens with zero attached hydrogens (tertiary/aromatic N) is 2. The summed E-state index contributed by atoms with van der Waals surface area (Å²) in [6.45, 7) is 3.19. The third-order valence-corrected chi connectivity index (χ3v) is 5.44. The minimum atomic E-state index is 0.172. The molecule has 0 radical (unpaired) electrons. The first-order chi connectivity index (χ1) is 11.3. The Hall–Kier alpha value is -1.91. The third-order valence-electron chi connectivity index (χ3n) is 5.44. The van der Waals surface area contributed by atoms with Crippen LogP contribution < -0.4 is 14.8 Å². The Labute approximate surface area is 137 Å². The number of likely N-dealkylation sites (N-methyl/N-ethyl adjacent to an activating group) is 1. The number of hydrogen-bond donors (Lipinski definition) is 1. The number of aliphatic imine (C=N–C) groups is 1. The predicted octanol–water partition coefficient (Wildman–Crippen LogP) is 2.51. The first kappa shape index (κ1) is 14.7. The number of fused-ring (bicyclic) bond motifs is 1. The summed E-state index contributed by atoms with van der Waals surface area (Å²) in [6, 6.07) is 6.48. The Bertz CT molecular complexity index is 608. The van der Waals surface area contributed by atoms with Gasteiger partial charge in [-0.1, -0.05) is 25.3 Å². The van der Waals surface area contributed by atoms with Crippen LogP contribution in [0.5, 0.6) is 11.5 Å². The molecule has 0 aromatic heterocycles. The highest BCUT2D eigenvalue weighted by Crippen LogP contribution is 2.43. The Morgan fingerprint density at radius 1 is 1.17 bits per heavy atom. The van der Waals surface area contributed by atoms with E-state index in [-0.39, 0.29) is 5.41 Å². The molecule has 2 heterocycles. The summed E-state index contributed by atoms with van der Waals surface area (Å²) >= 11 is 0. The number of benzene rings is 1. The van der Waals surface area contributed by atoms with Crippen molar-refractivity contribution in [1.82, 2.24) is 10.2 Å². The van der Waals surface area contributed by atoms with Crippen LogP contribution in [0, 0.1) is 0 Å². The van der Waals surface area contributed by atoms with Gasteiger partial charge in [0.15, 0.2) is 17.5 Å². The predicted molar refractivity (Wildman–Crippen MR) is 90.3 cm³/mol. The molecule has 1 fully saturated rings. The molecule has 0 amide bonds. The molecule has 1 N–H and O–H groups in total. The van der Waals surface area contributed by atoms with Gasteiger partial charge in [-0.2, -0.15) is 0 Å². The average Bonchev–Trinajstić information content (AvgIpc) is 3.21. The summed E-state index contributed by atoms with van der Waals surface area (Å²) in [6.07, 6.45) is 6.36. The second-order valence-corrected chi connectivity index (χ2v) is 6.89. The van der Waals surface area contributed by atoms with Crippen LogP contribution in [0.3, 0.4) is 0 Å². The molecule has 23 heavy (non-hydrogen) atoms. The average molecular weight is 315 g/mol. The normalized spacial score (nSPS) is 22.1. The van der Waals surface area contributed by atoms with Crippen molar-refractivity contribution in [3.8, 4) is 11.5 Å². The largest absolute Gasteiger partial charge is 0.454 e. The van der Waals surface area contributed by atoms with E-state index in [4.69, 9.17) is 9.47 Å². The lowest BCUT2D eigenvalue weighted by molar-refractivity contribution is 0.174. The van der Waals surface area contributed by atoms with E-state index in [1.807, 2.05) is 0 Å². The Morgan fingerprint density at radius 2 is 2.00 bits per heavy atom. The number of guanidine groups is 1. The fourth-order valence-electron chi connectivity index (χ4n) is 3.99. The van der Waals surface area contributed by atoms with Crippen molar-refractivity contribution in [2.45, 2.75) is 37.5 Å². The molecule has 2 aliphatic heterocycles. The Kier molecular flexibility index (Phi) is 3.79. The topological polar surface area (TPSA) is 46.1 Å². The first-order valence-corrected chi connectivity index (χ1v) is 8.66. The summed E-state index contributed by atoms with van der Waals surface area (Å²) in [5.74, 6) is 2.80. The van der Waals surface area contributed by atoms with Gasteiger partial charge in [-0.05, 0) is 30.5 Å². The highest BCUT2D eigenvalue weighted by molar-refractivity contribution is 5.81. The highest BCUT2D eigenvalue weighted by atomic mass is 16.7. The van der Waals surface area contributed by atoms with Gasteiger partial charge in [-0.15, -0.1) is 0 Å². The SMILES string of the molecule is CN1CCN=C1NCC1(c2ccc3c(c2)OCO3)CCCCC1. The molecule has 0 saturated heterocycles. The summed E-state index contributed by atoms with van der Waals surface area (Å²) in [5.41, 5.74) is 1.54. The van der Waals surface area contributed by atoms with E-state index >= 15 is 0 Å². The van der Waals surface area contributed by atoms with Gasteiger partial charge in [-0.3, -0.25) is 4.99 Å². The lowest BCUT2D eigenvalue weighted by atomic mass is 9.69. The van der Waals surface area contributed by atoms with Crippen molar-refractivity contribution in [2.24, 2.45) is 4.99 Å². The molecule has 5 nitrogen and oxygen atoms in total. The van der Waals surface area contributed by atoms with Gasteiger partial charge >= 0.3 is 0 Å². The standard InChI is InChI=1S/C18H25N3O2/c1-21-10-9-19-17(21)20-12-18(7-3-2-4-8-18)14-5-6-15-16(11-14)23-13-22-15/h5-6,11H,2-4,7-10,12-13H2,1H3,(H,19,20). The fraction of sp³-hybridized carbons (Fsp3) is 0.611. The second-order valence-electron chi connectivity index (χ2n) is 6.89. The summed E-state index contributed by atoms with van der Waals surface area (Å²) < 4.78 is 11.1. The summed E-state index contributed by atoms with van der Waals surface area (Å²) in [4.78, 5) is 6.78. The highest BCUT2D eigenvalue weighted by Gasteiger charge is 2.35. The van der Waals surface area contributed by atoms with E-state index in [1.54, 1.807) is 0 Å². The van der Waals surface area contributed by atoms with Crippen molar-refractivity contribution >= 4 is 5.96 Å². The maximum Gasteiger partial charge on any atom is 0.231 e. The minimum absolute atomic E-state index is 0.172. The second kappa shape index (κ2) is 5.95. The van der Waals surface area contributed by atoms with Crippen LogP contribution in [-0.2, 0) is 5.41 Å². The smallest absolute Gasteiger partial charge is 0.231 e. The summed E-state index contributed by atoms with van der Waals surface area (Å²) in [5, 5.41) is 3.61. The Morgan fingerprint density at radius 3 is 2.78 bits per heavy atom. The van der Waals surface area contributed by atoms with Crippen LogP contribution in [0.25, 0.3) is 0 Å². The molecule has 124 valence electrons. The molecule has 1 saturated carbocycles. The van der Waals surface area contributed by atoms with Gasteiger partial charge < -0.3 is 19.7 Å². The monoisotopic (exact) mass is 315 g/mol. The molecule has 0 unspecified atom stereocenters. The zero-order valence-electron chi connectivity index (χ0n) is 13.8. The third kappa shape index (κ3) is 2.73. The van der Waals surface area contributed by atoms with Crippen molar-refractivity contribution < 1.29 is 9.47 Å². The molecule has 3 aliphatic rings. The van der Waals surface area contributed by atoms with Crippen LogP contribution in [0.4, 0.5) is 0 Å². The lowest BCUT2D eigenvalue weighted by Crippen LogP contribution is -2.45. The Balaban J connectivity index is 1.58. The number of nitrogens with one attached hydrogen (secondary N) is 1. The van der Waals surface area contributed by atoms with Crippen LogP contribution in [-0.4, -0.2) is 44.3 Å². The minimum Gasteiger partial charge on any atom is -0.454 e. The van der Waals surface area contributed by atoms with Gasteiger partial charge in [0.25, 0.3) is 0 Å². The van der Waals surface area contributed by atoms with Crippen molar-refractivity contribution in [1.29, 1.82) is 0 Å². The van der Waals surface area contributed by atoms with Gasteiger partial charge in [0.1, 0.15) is 0 Å². The zero-order chi connectivity index (χ0) is 15.7. The molecule has 0 bridgehead atoms. The number of hydrogen-bond acceptors (Lipinski definition) is 5. The first-order valence-electron chi connectivity index (χ1n) is 8.66. The molecule has 0 atom stereocenters. The molecule has 1 aliphatic carbocycles. The quantitative estimate of drug-likeness (QED) is 0.931. The van der Waals surface area contributed by atoms with Gasteiger partial charge in [0.2, 0.25) is 6.79 Å². The molecule has 5 heteroatoms. The molecule has 4 rings (SSSR count). The molecule has 1 aromatic carbocycles. The van der Waals surface area contributed by atoms with Gasteiger partial charge in [0.05, 0.1) is 6.54 Å². The molecule has 1 aromatic rings. The van der Waals surface area contributed by atoms with E-state index in [0.29, 0.717) is 6.79 Å². The maximum atomic E-state index is 5.60. The van der Waals surface area contributed by atoms with E-state index in [1.165, 1.54) is 37.7 Å². The van der Waals surface area contributed by atoms with Gasteiger partial charge in [-0.25, -0.2) is 0 Å². The molecule has 0 spiro atoms. The van der Waals surface area contributed by atoms with E-state index < -0.39 is 0 Å². The summed E-state index contributed by atoms with van der Waals surface area (Å²) in [7, 11) is 2.10. The van der Waals surface area contributed by atoms with Crippen molar-refractivity contribution in [3.05, 3.63) is 23.8 Å². The van der Waals surface area contributed by atoms with Crippen molar-refractivity contribution in [3.63, 3.8) is 0 Å². The van der Waals surface area contributed by atoms with E-state index in [9.17, 15) is 0 Å². The number of rotatable bonds is 3. The number of ether oxygens (including phenoxy) is 2. The molecular weight excluding hydrogens is 290 g/mol. The van der Waals surface area contributed by atoms with E-state index in [0.717, 1.165) is 37.1 Å². The zero-order valence-corrected chi connectivity index (χ0v) is 13.8.